The molecule has 1 N–H and O–H groups in total. The molecule has 8 heteroatoms. The van der Waals surface area contributed by atoms with Gasteiger partial charge in [0.2, 0.25) is 0 Å². The molecular formula is C21H21Cl2FN4O. The Bertz CT molecular complexity index is 989. The number of aromatic nitrogens is 3. The first kappa shape index (κ1) is 20.1. The summed E-state index contributed by atoms with van der Waals surface area (Å²) in [4.78, 5) is 4.27. The summed E-state index contributed by atoms with van der Waals surface area (Å²) in [5.74, 6) is 0.140. The Morgan fingerprint density at radius 1 is 1.14 bits per heavy atom. The van der Waals surface area contributed by atoms with Crippen molar-refractivity contribution in [2.75, 3.05) is 19.7 Å². The van der Waals surface area contributed by atoms with Crippen molar-refractivity contribution in [1.29, 1.82) is 0 Å². The maximum atomic E-state index is 13.6. The van der Waals surface area contributed by atoms with E-state index in [2.05, 4.69) is 21.6 Å². The summed E-state index contributed by atoms with van der Waals surface area (Å²) in [7, 11) is 0. The lowest BCUT2D eigenvalue weighted by Crippen LogP contribution is -2.29. The van der Waals surface area contributed by atoms with E-state index in [0.29, 0.717) is 35.4 Å². The molecule has 1 aromatic carbocycles. The molecule has 0 atom stereocenters. The topological polar surface area (TPSA) is 52.0 Å². The quantitative estimate of drug-likeness (QED) is 0.558. The maximum absolute atomic E-state index is 13.6. The molecule has 1 aliphatic rings. The largest absolute Gasteiger partial charge is 0.492 e. The third kappa shape index (κ3) is 4.71. The van der Waals surface area contributed by atoms with E-state index in [0.717, 1.165) is 37.1 Å². The molecule has 1 saturated heterocycles. The number of ether oxygens (including phenoxy) is 1. The predicted octanol–water partition coefficient (Wildman–Crippen LogP) is 4.94. The molecule has 2 aromatic heterocycles. The van der Waals surface area contributed by atoms with Crippen LogP contribution in [0.4, 0.5) is 4.39 Å². The standard InChI is InChI=1S/C21H21Cl2FN4O/c22-19-1-2-20(24)21(23)18(19)5-8-29-17-9-14(10-26-12-17)15-11-27-28(13-15)16-3-6-25-7-4-16/h1-2,9-13,16,25H,3-8H2. The van der Waals surface area contributed by atoms with Crippen LogP contribution in [0.1, 0.15) is 24.4 Å². The Kier molecular flexibility index (Phi) is 6.33. The number of nitrogens with zero attached hydrogens (tertiary/aromatic N) is 3. The lowest BCUT2D eigenvalue weighted by atomic mass is 10.1. The van der Waals surface area contributed by atoms with E-state index in [4.69, 9.17) is 27.9 Å². The van der Waals surface area contributed by atoms with Crippen molar-refractivity contribution in [1.82, 2.24) is 20.1 Å². The second-order valence-electron chi connectivity index (χ2n) is 7.02. The zero-order valence-electron chi connectivity index (χ0n) is 15.7. The number of hydrogen-bond acceptors (Lipinski definition) is 4. The van der Waals surface area contributed by atoms with Gasteiger partial charge in [0.1, 0.15) is 11.6 Å². The van der Waals surface area contributed by atoms with Crippen LogP contribution < -0.4 is 10.1 Å². The van der Waals surface area contributed by atoms with Gasteiger partial charge in [-0.2, -0.15) is 5.10 Å². The van der Waals surface area contributed by atoms with Gasteiger partial charge in [-0.1, -0.05) is 23.2 Å². The lowest BCUT2D eigenvalue weighted by Gasteiger charge is -2.22. The van der Waals surface area contributed by atoms with Gasteiger partial charge in [0.25, 0.3) is 0 Å². The molecule has 3 heterocycles. The predicted molar refractivity (Wildman–Crippen MR) is 112 cm³/mol. The molecule has 5 nitrogen and oxygen atoms in total. The number of pyridine rings is 1. The van der Waals surface area contributed by atoms with Gasteiger partial charge in [-0.05, 0) is 49.7 Å². The van der Waals surface area contributed by atoms with Crippen molar-refractivity contribution in [3.05, 3.63) is 64.4 Å². The summed E-state index contributed by atoms with van der Waals surface area (Å²) in [6, 6.07) is 5.11. The average Bonchev–Trinajstić information content (AvgIpc) is 3.25. The van der Waals surface area contributed by atoms with Gasteiger partial charge in [0, 0.05) is 35.0 Å². The minimum absolute atomic E-state index is 0.0401. The van der Waals surface area contributed by atoms with Crippen LogP contribution >= 0.6 is 23.2 Å². The van der Waals surface area contributed by atoms with Gasteiger partial charge in [-0.3, -0.25) is 9.67 Å². The van der Waals surface area contributed by atoms with Crippen LogP contribution in [0.2, 0.25) is 10.0 Å². The summed E-state index contributed by atoms with van der Waals surface area (Å²) < 4.78 is 21.5. The van der Waals surface area contributed by atoms with Crippen LogP contribution in [0.15, 0.2) is 43.0 Å². The molecule has 4 rings (SSSR count). The molecule has 0 aliphatic carbocycles. The summed E-state index contributed by atoms with van der Waals surface area (Å²) in [5.41, 5.74) is 2.47. The molecule has 0 unspecified atom stereocenters. The van der Waals surface area contributed by atoms with E-state index < -0.39 is 5.82 Å². The summed E-state index contributed by atoms with van der Waals surface area (Å²) in [6.45, 7) is 2.34. The lowest BCUT2D eigenvalue weighted by molar-refractivity contribution is 0.320. The molecular weight excluding hydrogens is 414 g/mol. The summed E-state index contributed by atoms with van der Waals surface area (Å²) in [6.07, 6.45) is 9.90. The van der Waals surface area contributed by atoms with Gasteiger partial charge in [0.05, 0.1) is 30.1 Å². The highest BCUT2D eigenvalue weighted by Crippen LogP contribution is 2.28. The highest BCUT2D eigenvalue weighted by atomic mass is 35.5. The number of piperidine rings is 1. The summed E-state index contributed by atoms with van der Waals surface area (Å²) in [5, 5.41) is 8.37. The van der Waals surface area contributed by atoms with E-state index >= 15 is 0 Å². The minimum Gasteiger partial charge on any atom is -0.492 e. The van der Waals surface area contributed by atoms with E-state index in [1.54, 1.807) is 12.4 Å². The monoisotopic (exact) mass is 434 g/mol. The number of nitrogens with one attached hydrogen (secondary N) is 1. The van der Waals surface area contributed by atoms with Crippen LogP contribution in [0, 0.1) is 5.82 Å². The zero-order valence-corrected chi connectivity index (χ0v) is 17.3. The fourth-order valence-corrected chi connectivity index (χ4v) is 4.04. The summed E-state index contributed by atoms with van der Waals surface area (Å²) >= 11 is 12.1. The third-order valence-electron chi connectivity index (χ3n) is 5.09. The first-order valence-electron chi connectivity index (χ1n) is 9.57. The molecule has 0 amide bonds. The molecule has 1 aliphatic heterocycles. The minimum atomic E-state index is -0.486. The van der Waals surface area contributed by atoms with E-state index in [9.17, 15) is 4.39 Å². The normalized spacial score (nSPS) is 14.9. The second kappa shape index (κ2) is 9.11. The molecule has 29 heavy (non-hydrogen) atoms. The fraction of sp³-hybridized carbons (Fsp3) is 0.333. The SMILES string of the molecule is Fc1ccc(Cl)c(CCOc2cncc(-c3cnn(C4CCNCC4)c3)c2)c1Cl. The molecule has 0 bridgehead atoms. The number of benzene rings is 1. The van der Waals surface area contributed by atoms with Gasteiger partial charge < -0.3 is 10.1 Å². The Hall–Kier alpha value is -2.15. The van der Waals surface area contributed by atoms with Crippen molar-refractivity contribution in [3.8, 4) is 16.9 Å². The van der Waals surface area contributed by atoms with Crippen LogP contribution in [0.5, 0.6) is 5.75 Å². The van der Waals surface area contributed by atoms with Crippen molar-refractivity contribution in [2.45, 2.75) is 25.3 Å². The van der Waals surface area contributed by atoms with Gasteiger partial charge in [-0.25, -0.2) is 4.39 Å². The van der Waals surface area contributed by atoms with Gasteiger partial charge >= 0.3 is 0 Å². The van der Waals surface area contributed by atoms with Crippen LogP contribution in [0.25, 0.3) is 11.1 Å². The Morgan fingerprint density at radius 2 is 1.97 bits per heavy atom. The third-order valence-corrected chi connectivity index (χ3v) is 5.85. The first-order chi connectivity index (χ1) is 14.1. The van der Waals surface area contributed by atoms with Gasteiger partial charge in [-0.15, -0.1) is 0 Å². The average molecular weight is 435 g/mol. The number of rotatable bonds is 6. The molecule has 3 aromatic rings. The zero-order chi connectivity index (χ0) is 20.2. The highest BCUT2D eigenvalue weighted by molar-refractivity contribution is 6.36. The van der Waals surface area contributed by atoms with Crippen molar-refractivity contribution >= 4 is 23.2 Å². The van der Waals surface area contributed by atoms with Crippen LogP contribution in [0.3, 0.4) is 0 Å². The second-order valence-corrected chi connectivity index (χ2v) is 7.80. The van der Waals surface area contributed by atoms with E-state index in [1.165, 1.54) is 12.1 Å². The van der Waals surface area contributed by atoms with Crippen LogP contribution in [-0.2, 0) is 6.42 Å². The number of hydrogen-bond donors (Lipinski definition) is 1. The number of halogens is 3. The van der Waals surface area contributed by atoms with Gasteiger partial charge in [0.15, 0.2) is 0 Å². The maximum Gasteiger partial charge on any atom is 0.142 e. The van der Waals surface area contributed by atoms with E-state index in [-0.39, 0.29) is 5.02 Å². The Balaban J connectivity index is 1.42. The molecule has 0 spiro atoms. The van der Waals surface area contributed by atoms with Crippen molar-refractivity contribution in [3.63, 3.8) is 0 Å². The fourth-order valence-electron chi connectivity index (χ4n) is 3.48. The molecule has 0 saturated carbocycles. The molecule has 152 valence electrons. The smallest absolute Gasteiger partial charge is 0.142 e. The van der Waals surface area contributed by atoms with Crippen molar-refractivity contribution < 1.29 is 9.13 Å². The highest BCUT2D eigenvalue weighted by Gasteiger charge is 2.16. The van der Waals surface area contributed by atoms with Crippen LogP contribution in [-0.4, -0.2) is 34.5 Å². The molecule has 0 radical (unpaired) electrons. The Labute approximate surface area is 178 Å². The molecule has 1 fully saturated rings. The first-order valence-corrected chi connectivity index (χ1v) is 10.3. The van der Waals surface area contributed by atoms with Crippen molar-refractivity contribution in [2.24, 2.45) is 0 Å². The Morgan fingerprint density at radius 3 is 2.79 bits per heavy atom. The van der Waals surface area contributed by atoms with E-state index in [1.807, 2.05) is 16.9 Å².